The van der Waals surface area contributed by atoms with Crippen LogP contribution in [-0.2, 0) is 9.47 Å². The van der Waals surface area contributed by atoms with Gasteiger partial charge in [0.2, 0.25) is 0 Å². The summed E-state index contributed by atoms with van der Waals surface area (Å²) in [5, 5.41) is 15.7. The highest BCUT2D eigenvalue weighted by molar-refractivity contribution is 5.68. The van der Waals surface area contributed by atoms with Crippen molar-refractivity contribution in [3.05, 3.63) is 0 Å². The molecule has 4 aliphatic rings. The van der Waals surface area contributed by atoms with E-state index in [9.17, 15) is 14.7 Å². The quantitative estimate of drug-likeness (QED) is 0.704. The van der Waals surface area contributed by atoms with Gasteiger partial charge in [-0.15, -0.1) is 0 Å². The summed E-state index contributed by atoms with van der Waals surface area (Å²) in [4.78, 5) is 23.3. The normalized spacial score (nSPS) is 43.3. The van der Waals surface area contributed by atoms with Gasteiger partial charge in [-0.2, -0.15) is 0 Å². The van der Waals surface area contributed by atoms with Crippen LogP contribution in [0.25, 0.3) is 0 Å². The maximum atomic E-state index is 11.6. The van der Waals surface area contributed by atoms with Crippen molar-refractivity contribution in [3.63, 3.8) is 0 Å². The molecule has 7 nitrogen and oxygen atoms in total. The summed E-state index contributed by atoms with van der Waals surface area (Å²) in [6.45, 7) is 0. The highest BCUT2D eigenvalue weighted by Gasteiger charge is 2.66. The molecule has 0 aromatic heterocycles. The van der Waals surface area contributed by atoms with Crippen molar-refractivity contribution in [2.75, 3.05) is 14.1 Å². The minimum absolute atomic E-state index is 0.209. The molecule has 0 heterocycles. The van der Waals surface area contributed by atoms with E-state index in [1.54, 1.807) is 0 Å². The van der Waals surface area contributed by atoms with Gasteiger partial charge in [0.1, 0.15) is 11.2 Å². The average Bonchev–Trinajstić information content (AvgIpc) is 2.34. The van der Waals surface area contributed by atoms with Gasteiger partial charge in [0, 0.05) is 33.4 Å². The monoisotopic (exact) mass is 298 g/mol. The Hall–Kier alpha value is -1.50. The molecule has 3 N–H and O–H groups in total. The maximum Gasteiger partial charge on any atom is 0.407 e. The lowest BCUT2D eigenvalue weighted by atomic mass is 9.50. The number of hydrogen-bond acceptors (Lipinski definition) is 5. The molecule has 0 aromatic rings. The van der Waals surface area contributed by atoms with Gasteiger partial charge in [0.25, 0.3) is 0 Å². The number of rotatable bonds is 2. The Morgan fingerprint density at radius 3 is 1.81 bits per heavy atom. The maximum absolute atomic E-state index is 11.6. The van der Waals surface area contributed by atoms with Gasteiger partial charge in [-0.05, 0) is 25.2 Å². The second-order valence-corrected chi connectivity index (χ2v) is 6.88. The molecule has 4 saturated carbocycles. The van der Waals surface area contributed by atoms with E-state index in [0.29, 0.717) is 25.7 Å². The minimum Gasteiger partial charge on any atom is -0.443 e. The van der Waals surface area contributed by atoms with Crippen LogP contribution in [-0.4, -0.2) is 48.2 Å². The number of nitrogens with one attached hydrogen (secondary N) is 2. The number of ether oxygens (including phenoxy) is 2. The zero-order valence-corrected chi connectivity index (χ0v) is 12.4. The van der Waals surface area contributed by atoms with E-state index >= 15 is 0 Å². The molecule has 0 radical (unpaired) electrons. The van der Waals surface area contributed by atoms with Gasteiger partial charge in [-0.3, -0.25) is 0 Å². The van der Waals surface area contributed by atoms with Gasteiger partial charge in [0.15, 0.2) is 0 Å². The number of carbonyl (C=O) groups is 2. The predicted molar refractivity (Wildman–Crippen MR) is 72.7 cm³/mol. The number of alkyl carbamates (subject to hydrolysis) is 2. The van der Waals surface area contributed by atoms with Crippen molar-refractivity contribution >= 4 is 12.2 Å². The van der Waals surface area contributed by atoms with E-state index in [4.69, 9.17) is 9.47 Å². The summed E-state index contributed by atoms with van der Waals surface area (Å²) >= 11 is 0. The molecule has 2 atom stereocenters. The molecule has 0 aliphatic heterocycles. The van der Waals surface area contributed by atoms with E-state index in [-0.39, 0.29) is 5.92 Å². The fourth-order valence-corrected chi connectivity index (χ4v) is 4.94. The summed E-state index contributed by atoms with van der Waals surface area (Å²) in [5.74, 6) is 0.209. The van der Waals surface area contributed by atoms with E-state index < -0.39 is 29.0 Å². The minimum atomic E-state index is -0.915. The zero-order chi connectivity index (χ0) is 15.3. The van der Waals surface area contributed by atoms with E-state index in [0.717, 1.165) is 12.8 Å². The first-order chi connectivity index (χ1) is 9.82. The molecule has 118 valence electrons. The molecular weight excluding hydrogens is 276 g/mol. The van der Waals surface area contributed by atoms with E-state index in [2.05, 4.69) is 10.6 Å². The van der Waals surface area contributed by atoms with Crippen LogP contribution in [0, 0.1) is 5.92 Å². The SMILES string of the molecule is CNC(=O)OC12CC3CC(O)(C1)CC(OC(=O)NC)(C3)C2. The number of amides is 2. The third-order valence-electron chi connectivity index (χ3n) is 4.96. The van der Waals surface area contributed by atoms with E-state index in [1.165, 1.54) is 14.1 Å². The Bertz CT molecular complexity index is 446. The molecule has 0 saturated heterocycles. The van der Waals surface area contributed by atoms with Crippen molar-refractivity contribution in [1.29, 1.82) is 0 Å². The van der Waals surface area contributed by atoms with Crippen molar-refractivity contribution < 1.29 is 24.2 Å². The van der Waals surface area contributed by atoms with Crippen LogP contribution < -0.4 is 10.6 Å². The van der Waals surface area contributed by atoms with Crippen LogP contribution in [0.3, 0.4) is 0 Å². The topological polar surface area (TPSA) is 96.9 Å². The first-order valence-corrected chi connectivity index (χ1v) is 7.36. The lowest BCUT2D eigenvalue weighted by Gasteiger charge is -2.62. The molecular formula is C14H22N2O5. The van der Waals surface area contributed by atoms with Crippen LogP contribution in [0.5, 0.6) is 0 Å². The average molecular weight is 298 g/mol. The third-order valence-corrected chi connectivity index (χ3v) is 4.96. The molecule has 2 unspecified atom stereocenters. The molecule has 7 heteroatoms. The standard InChI is InChI=1S/C14H22N2O5/c1-15-10(17)20-13-4-9-3-12(19,6-13)7-14(5-9,8-13)21-11(18)16-2/h9,19H,3-8H2,1-2H3,(H,15,17)(H,16,18). The third kappa shape index (κ3) is 2.43. The van der Waals surface area contributed by atoms with Crippen LogP contribution in [0.2, 0.25) is 0 Å². The van der Waals surface area contributed by atoms with Gasteiger partial charge in [0.05, 0.1) is 5.60 Å². The van der Waals surface area contributed by atoms with Crippen molar-refractivity contribution in [2.45, 2.75) is 55.3 Å². The Labute approximate surface area is 123 Å². The van der Waals surface area contributed by atoms with Crippen LogP contribution in [0.15, 0.2) is 0 Å². The zero-order valence-electron chi connectivity index (χ0n) is 12.4. The van der Waals surface area contributed by atoms with Crippen molar-refractivity contribution in [3.8, 4) is 0 Å². The molecule has 4 rings (SSSR count). The Morgan fingerprint density at radius 1 is 0.952 bits per heavy atom. The molecule has 2 amide bonds. The lowest BCUT2D eigenvalue weighted by molar-refractivity contribution is -0.250. The Balaban J connectivity index is 1.88. The highest BCUT2D eigenvalue weighted by Crippen LogP contribution is 2.61. The molecule has 0 spiro atoms. The summed E-state index contributed by atoms with van der Waals surface area (Å²) in [7, 11) is 3.02. The van der Waals surface area contributed by atoms with Gasteiger partial charge in [-0.1, -0.05) is 0 Å². The van der Waals surface area contributed by atoms with Crippen LogP contribution in [0.1, 0.15) is 38.5 Å². The smallest absolute Gasteiger partial charge is 0.407 e. The summed E-state index contributed by atoms with van der Waals surface area (Å²) < 4.78 is 11.2. The summed E-state index contributed by atoms with van der Waals surface area (Å²) in [5.41, 5.74) is -2.38. The Kier molecular flexibility index (Phi) is 3.09. The number of aliphatic hydroxyl groups is 1. The molecule has 4 fully saturated rings. The van der Waals surface area contributed by atoms with Gasteiger partial charge in [-0.25, -0.2) is 9.59 Å². The van der Waals surface area contributed by atoms with Gasteiger partial charge < -0.3 is 25.2 Å². The fourth-order valence-electron chi connectivity index (χ4n) is 4.94. The van der Waals surface area contributed by atoms with Crippen molar-refractivity contribution in [2.24, 2.45) is 5.92 Å². The molecule has 4 bridgehead atoms. The lowest BCUT2D eigenvalue weighted by Crippen LogP contribution is -2.68. The highest BCUT2D eigenvalue weighted by atomic mass is 16.6. The second-order valence-electron chi connectivity index (χ2n) is 6.88. The van der Waals surface area contributed by atoms with Crippen LogP contribution >= 0.6 is 0 Å². The number of carbonyl (C=O) groups excluding carboxylic acids is 2. The largest absolute Gasteiger partial charge is 0.443 e. The number of hydrogen-bond donors (Lipinski definition) is 3. The molecule has 21 heavy (non-hydrogen) atoms. The molecule has 4 aliphatic carbocycles. The molecule has 0 aromatic carbocycles. The van der Waals surface area contributed by atoms with E-state index in [1.807, 2.05) is 0 Å². The fraction of sp³-hybridized carbons (Fsp3) is 0.857. The first-order valence-electron chi connectivity index (χ1n) is 7.36. The Morgan fingerprint density at radius 2 is 1.43 bits per heavy atom. The first kappa shape index (κ1) is 14.4. The van der Waals surface area contributed by atoms with Crippen molar-refractivity contribution in [1.82, 2.24) is 10.6 Å². The second kappa shape index (κ2) is 4.50. The van der Waals surface area contributed by atoms with Crippen LogP contribution in [0.4, 0.5) is 9.59 Å². The predicted octanol–water partition coefficient (Wildman–Crippen LogP) is 0.905. The summed E-state index contributed by atoms with van der Waals surface area (Å²) in [6.07, 6.45) is 2.42. The summed E-state index contributed by atoms with van der Waals surface area (Å²) in [6, 6.07) is 0. The van der Waals surface area contributed by atoms with Gasteiger partial charge >= 0.3 is 12.2 Å².